The van der Waals surface area contributed by atoms with E-state index in [9.17, 15) is 14.4 Å². The van der Waals surface area contributed by atoms with Crippen molar-refractivity contribution in [1.82, 2.24) is 20.1 Å². The van der Waals surface area contributed by atoms with E-state index in [1.54, 1.807) is 16.2 Å². The van der Waals surface area contributed by atoms with Gasteiger partial charge in [0.2, 0.25) is 5.91 Å². The first-order valence-electron chi connectivity index (χ1n) is 11.2. The molecule has 1 aromatic carbocycles. The van der Waals surface area contributed by atoms with Gasteiger partial charge in [0.1, 0.15) is 12.1 Å². The van der Waals surface area contributed by atoms with E-state index >= 15 is 0 Å². The summed E-state index contributed by atoms with van der Waals surface area (Å²) in [5.74, 6) is 0.558. The zero-order valence-corrected chi connectivity index (χ0v) is 18.6. The van der Waals surface area contributed by atoms with Crippen LogP contribution < -0.4 is 5.32 Å². The van der Waals surface area contributed by atoms with E-state index in [4.69, 9.17) is 4.98 Å². The topological polar surface area (TPSA) is 82.6 Å². The molecule has 1 N–H and O–H groups in total. The Balaban J connectivity index is 1.19. The van der Waals surface area contributed by atoms with Crippen molar-refractivity contribution in [2.75, 3.05) is 19.6 Å². The van der Waals surface area contributed by atoms with Crippen LogP contribution in [0, 0.1) is 5.92 Å². The van der Waals surface area contributed by atoms with Gasteiger partial charge in [-0.1, -0.05) is 19.1 Å². The number of nitrogens with one attached hydrogen (secondary N) is 1. The highest BCUT2D eigenvalue weighted by Gasteiger charge is 2.52. The molecule has 31 heavy (non-hydrogen) atoms. The highest BCUT2D eigenvalue weighted by Crippen LogP contribution is 2.37. The lowest BCUT2D eigenvalue weighted by Crippen LogP contribution is -2.50. The van der Waals surface area contributed by atoms with E-state index in [1.807, 2.05) is 18.2 Å². The fourth-order valence-corrected chi connectivity index (χ4v) is 6.23. The number of para-hydroxylation sites is 1. The van der Waals surface area contributed by atoms with Gasteiger partial charge in [-0.05, 0) is 56.6 Å². The Kier molecular flexibility index (Phi) is 5.20. The second-order valence-electron chi connectivity index (χ2n) is 9.26. The fourth-order valence-electron chi connectivity index (χ4n) is 5.09. The summed E-state index contributed by atoms with van der Waals surface area (Å²) >= 11 is 1.73. The Bertz CT molecular complexity index is 986. The van der Waals surface area contributed by atoms with Crippen molar-refractivity contribution < 1.29 is 14.4 Å². The molecule has 0 bridgehead atoms. The number of fused-ring (bicyclic) bond motifs is 1. The molecule has 1 spiro atoms. The molecule has 0 atom stereocenters. The minimum Gasteiger partial charge on any atom is -0.341 e. The lowest BCUT2D eigenvalue weighted by Gasteiger charge is -2.34. The number of hydrogen-bond acceptors (Lipinski definition) is 5. The molecule has 3 aliphatic rings. The van der Waals surface area contributed by atoms with Crippen LogP contribution in [-0.2, 0) is 9.59 Å². The van der Waals surface area contributed by atoms with E-state index in [0.29, 0.717) is 37.8 Å². The number of amides is 4. The highest BCUT2D eigenvalue weighted by atomic mass is 32.1. The average Bonchev–Trinajstić information content (AvgIpc) is 3.31. The van der Waals surface area contributed by atoms with Crippen molar-refractivity contribution in [3.8, 4) is 0 Å². The van der Waals surface area contributed by atoms with Crippen molar-refractivity contribution in [2.45, 2.75) is 56.9 Å². The predicted molar refractivity (Wildman–Crippen MR) is 119 cm³/mol. The van der Waals surface area contributed by atoms with Crippen LogP contribution >= 0.6 is 11.3 Å². The lowest BCUT2D eigenvalue weighted by atomic mass is 9.77. The maximum atomic E-state index is 13.0. The van der Waals surface area contributed by atoms with Crippen LogP contribution in [0.15, 0.2) is 24.3 Å². The predicted octanol–water partition coefficient (Wildman–Crippen LogP) is 3.50. The van der Waals surface area contributed by atoms with Gasteiger partial charge in [0.15, 0.2) is 0 Å². The number of piperidine rings is 1. The molecule has 2 saturated heterocycles. The first-order chi connectivity index (χ1) is 14.9. The van der Waals surface area contributed by atoms with Crippen molar-refractivity contribution >= 4 is 39.4 Å². The largest absolute Gasteiger partial charge is 0.341 e. The van der Waals surface area contributed by atoms with E-state index in [0.717, 1.165) is 41.1 Å². The molecule has 0 unspecified atom stereocenters. The Hall–Kier alpha value is -2.48. The number of thiazole rings is 1. The summed E-state index contributed by atoms with van der Waals surface area (Å²) in [4.78, 5) is 46.1. The number of likely N-dealkylation sites (tertiary alicyclic amines) is 1. The van der Waals surface area contributed by atoms with Crippen LogP contribution in [0.2, 0.25) is 0 Å². The number of nitrogens with zero attached hydrogens (tertiary/aromatic N) is 3. The van der Waals surface area contributed by atoms with E-state index in [-0.39, 0.29) is 18.4 Å². The van der Waals surface area contributed by atoms with E-state index in [1.165, 1.54) is 4.70 Å². The second kappa shape index (κ2) is 7.89. The van der Waals surface area contributed by atoms with Crippen molar-refractivity contribution in [3.05, 3.63) is 29.3 Å². The molecule has 7 nitrogen and oxygen atoms in total. The molecule has 3 fully saturated rings. The van der Waals surface area contributed by atoms with Crippen LogP contribution in [0.25, 0.3) is 10.2 Å². The van der Waals surface area contributed by atoms with Gasteiger partial charge < -0.3 is 10.2 Å². The Morgan fingerprint density at radius 2 is 1.87 bits per heavy atom. The molecule has 5 rings (SSSR count). The summed E-state index contributed by atoms with van der Waals surface area (Å²) in [5.41, 5.74) is 0.245. The van der Waals surface area contributed by atoms with Gasteiger partial charge in [-0.15, -0.1) is 11.3 Å². The Morgan fingerprint density at radius 3 is 2.58 bits per heavy atom. The summed E-state index contributed by atoms with van der Waals surface area (Å²) in [6.07, 6.45) is 4.88. The monoisotopic (exact) mass is 440 g/mol. The van der Waals surface area contributed by atoms with Crippen molar-refractivity contribution in [3.63, 3.8) is 0 Å². The van der Waals surface area contributed by atoms with Crippen LogP contribution in [0.5, 0.6) is 0 Å². The number of benzene rings is 1. The molecule has 3 heterocycles. The third-order valence-corrected chi connectivity index (χ3v) is 8.37. The van der Waals surface area contributed by atoms with Crippen molar-refractivity contribution in [2.24, 2.45) is 5.92 Å². The number of carbonyl (C=O) groups excluding carboxylic acids is 3. The number of hydrogen-bond donors (Lipinski definition) is 1. The molecule has 1 aromatic heterocycles. The van der Waals surface area contributed by atoms with E-state index in [2.05, 4.69) is 18.3 Å². The molecular formula is C23H28N4O3S. The highest BCUT2D eigenvalue weighted by molar-refractivity contribution is 7.18. The smallest absolute Gasteiger partial charge is 0.325 e. The van der Waals surface area contributed by atoms with Crippen LogP contribution in [-0.4, -0.2) is 57.8 Å². The van der Waals surface area contributed by atoms with Gasteiger partial charge in [-0.3, -0.25) is 14.5 Å². The minimum absolute atomic E-state index is 0.146. The Morgan fingerprint density at radius 1 is 1.16 bits per heavy atom. The molecule has 8 heteroatoms. The molecule has 164 valence electrons. The van der Waals surface area contributed by atoms with Gasteiger partial charge in [0.05, 0.1) is 15.2 Å². The van der Waals surface area contributed by atoms with Gasteiger partial charge in [-0.2, -0.15) is 0 Å². The van der Waals surface area contributed by atoms with Crippen LogP contribution in [0.4, 0.5) is 4.79 Å². The molecule has 1 aliphatic carbocycles. The molecule has 2 aromatic rings. The number of aromatic nitrogens is 1. The molecule has 2 aliphatic heterocycles. The molecular weight excluding hydrogens is 412 g/mol. The maximum Gasteiger partial charge on any atom is 0.325 e. The third-order valence-electron chi connectivity index (χ3n) is 7.17. The first kappa shape index (κ1) is 20.4. The van der Waals surface area contributed by atoms with E-state index < -0.39 is 11.6 Å². The summed E-state index contributed by atoms with van der Waals surface area (Å²) in [7, 11) is 0. The number of carbonyl (C=O) groups is 3. The SMILES string of the molecule is CC1CCC2(CC1)NC(=O)N(CC(=O)N1CCC(c3nc4ccccc4s3)CC1)C2=O. The minimum atomic E-state index is -0.788. The normalized spacial score (nSPS) is 27.3. The summed E-state index contributed by atoms with van der Waals surface area (Å²) in [6.45, 7) is 3.28. The van der Waals surface area contributed by atoms with Crippen LogP contribution in [0.3, 0.4) is 0 Å². The molecule has 1 saturated carbocycles. The maximum absolute atomic E-state index is 13.0. The van der Waals surface area contributed by atoms with Gasteiger partial charge in [0.25, 0.3) is 5.91 Å². The molecule has 4 amide bonds. The van der Waals surface area contributed by atoms with Gasteiger partial charge >= 0.3 is 6.03 Å². The number of rotatable bonds is 3. The summed E-state index contributed by atoms with van der Waals surface area (Å²) < 4.78 is 1.19. The third kappa shape index (κ3) is 3.71. The van der Waals surface area contributed by atoms with Crippen molar-refractivity contribution in [1.29, 1.82) is 0 Å². The zero-order valence-electron chi connectivity index (χ0n) is 17.8. The average molecular weight is 441 g/mol. The Labute approximate surface area is 185 Å². The number of imide groups is 1. The summed E-state index contributed by atoms with van der Waals surface area (Å²) in [6, 6.07) is 7.73. The van der Waals surface area contributed by atoms with Gasteiger partial charge in [-0.25, -0.2) is 9.78 Å². The number of urea groups is 1. The van der Waals surface area contributed by atoms with Gasteiger partial charge in [0, 0.05) is 19.0 Å². The standard InChI is InChI=1S/C23H28N4O3S/c1-15-6-10-23(11-7-15)21(29)27(22(30)25-23)14-19(28)26-12-8-16(9-13-26)20-24-17-4-2-3-5-18(17)31-20/h2-5,15-16H,6-14H2,1H3,(H,25,30). The quantitative estimate of drug-likeness (QED) is 0.741. The summed E-state index contributed by atoms with van der Waals surface area (Å²) in [5, 5.41) is 4.03. The lowest BCUT2D eigenvalue weighted by molar-refractivity contribution is -0.140. The molecule has 0 radical (unpaired) electrons. The second-order valence-corrected chi connectivity index (χ2v) is 10.3. The fraction of sp³-hybridized carbons (Fsp3) is 0.565. The van der Waals surface area contributed by atoms with Crippen LogP contribution in [0.1, 0.15) is 56.4 Å². The first-order valence-corrected chi connectivity index (χ1v) is 12.0. The zero-order chi connectivity index (χ0) is 21.6.